The largest absolute Gasteiger partial charge is 0.361 e. The fourth-order valence-corrected chi connectivity index (χ4v) is 3.76. The number of aryl methyl sites for hydroxylation is 4. The van der Waals surface area contributed by atoms with Crippen molar-refractivity contribution >= 4 is 5.91 Å². The highest BCUT2D eigenvalue weighted by atomic mass is 16.5. The van der Waals surface area contributed by atoms with Crippen LogP contribution >= 0.6 is 0 Å². The van der Waals surface area contributed by atoms with Crippen molar-refractivity contribution in [1.29, 1.82) is 0 Å². The van der Waals surface area contributed by atoms with Crippen molar-refractivity contribution in [2.45, 2.75) is 59.4 Å². The van der Waals surface area contributed by atoms with E-state index in [0.717, 1.165) is 48.8 Å². The average molecular weight is 330 g/mol. The summed E-state index contributed by atoms with van der Waals surface area (Å²) >= 11 is 0. The Kier molecular flexibility index (Phi) is 4.73. The molecule has 1 saturated heterocycles. The molecule has 0 aromatic carbocycles. The smallest absolute Gasteiger partial charge is 0.222 e. The Balaban J connectivity index is 1.63. The Hall–Kier alpha value is -2.11. The molecule has 0 N–H and O–H groups in total. The van der Waals surface area contributed by atoms with Crippen molar-refractivity contribution in [2.24, 2.45) is 0 Å². The normalized spacial score (nSPS) is 18.2. The Morgan fingerprint density at radius 3 is 2.75 bits per heavy atom. The first-order chi connectivity index (χ1) is 11.5. The minimum absolute atomic E-state index is 0.218. The van der Waals surface area contributed by atoms with Gasteiger partial charge in [-0.2, -0.15) is 0 Å². The van der Waals surface area contributed by atoms with Gasteiger partial charge in [0.15, 0.2) is 0 Å². The fraction of sp³-hybridized carbons (Fsp3) is 0.611. The van der Waals surface area contributed by atoms with Crippen LogP contribution < -0.4 is 0 Å². The molecule has 0 spiro atoms. The zero-order chi connectivity index (χ0) is 17.3. The van der Waals surface area contributed by atoms with Crippen molar-refractivity contribution < 1.29 is 9.32 Å². The van der Waals surface area contributed by atoms with Gasteiger partial charge in [-0.25, -0.2) is 4.98 Å². The van der Waals surface area contributed by atoms with Gasteiger partial charge in [0.2, 0.25) is 5.91 Å². The number of carbonyl (C=O) groups is 1. The Labute approximate surface area is 142 Å². The Morgan fingerprint density at radius 1 is 1.33 bits per heavy atom. The summed E-state index contributed by atoms with van der Waals surface area (Å²) < 4.78 is 7.45. The maximum absolute atomic E-state index is 12.7. The lowest BCUT2D eigenvalue weighted by Gasteiger charge is -2.34. The van der Waals surface area contributed by atoms with Crippen molar-refractivity contribution in [3.8, 4) is 0 Å². The topological polar surface area (TPSA) is 64.2 Å². The predicted octanol–water partition coefficient (Wildman–Crippen LogP) is 2.90. The second kappa shape index (κ2) is 6.79. The van der Waals surface area contributed by atoms with Gasteiger partial charge in [0, 0.05) is 37.0 Å². The molecular weight excluding hydrogens is 304 g/mol. The molecule has 0 bridgehead atoms. The van der Waals surface area contributed by atoms with Crippen LogP contribution in [0.3, 0.4) is 0 Å². The minimum Gasteiger partial charge on any atom is -0.361 e. The lowest BCUT2D eigenvalue weighted by Crippen LogP contribution is -2.41. The lowest BCUT2D eigenvalue weighted by molar-refractivity contribution is -0.132. The Morgan fingerprint density at radius 2 is 2.12 bits per heavy atom. The molecule has 1 aliphatic heterocycles. The fourth-order valence-electron chi connectivity index (χ4n) is 3.76. The van der Waals surface area contributed by atoms with Gasteiger partial charge in [0.1, 0.15) is 11.6 Å². The number of hydrogen-bond donors (Lipinski definition) is 0. The monoisotopic (exact) mass is 330 g/mol. The van der Waals surface area contributed by atoms with Crippen LogP contribution in [-0.4, -0.2) is 38.6 Å². The van der Waals surface area contributed by atoms with Gasteiger partial charge in [-0.3, -0.25) is 4.79 Å². The third-order valence-electron chi connectivity index (χ3n) is 5.05. The number of imidazole rings is 1. The van der Waals surface area contributed by atoms with Gasteiger partial charge in [-0.05, 0) is 47.0 Å². The number of hydrogen-bond acceptors (Lipinski definition) is 4. The van der Waals surface area contributed by atoms with Crippen LogP contribution in [0, 0.1) is 27.7 Å². The summed E-state index contributed by atoms with van der Waals surface area (Å²) in [5.74, 6) is 2.07. The molecule has 130 valence electrons. The molecule has 3 rings (SSSR count). The standard InChI is InChI=1S/C18H26N4O2/c1-12-10-19-15(4)22(12)16-6-5-9-21(11-16)18(23)8-7-17-13(2)20-24-14(17)3/h10,16H,5-9,11H2,1-4H3. The van der Waals surface area contributed by atoms with Gasteiger partial charge in [-0.1, -0.05) is 5.16 Å². The van der Waals surface area contributed by atoms with Gasteiger partial charge < -0.3 is 14.0 Å². The average Bonchev–Trinajstić information content (AvgIpc) is 3.07. The van der Waals surface area contributed by atoms with Crippen LogP contribution in [0.1, 0.15) is 53.8 Å². The van der Waals surface area contributed by atoms with Crippen molar-refractivity contribution in [1.82, 2.24) is 19.6 Å². The number of carbonyl (C=O) groups excluding carboxylic acids is 1. The molecule has 6 nitrogen and oxygen atoms in total. The van der Waals surface area contributed by atoms with E-state index in [1.54, 1.807) is 0 Å². The highest BCUT2D eigenvalue weighted by molar-refractivity contribution is 5.76. The summed E-state index contributed by atoms with van der Waals surface area (Å²) in [6.07, 6.45) is 5.26. The van der Waals surface area contributed by atoms with Crippen LogP contribution in [0.5, 0.6) is 0 Å². The Bertz CT molecular complexity index is 692. The number of aromatic nitrogens is 3. The molecule has 2 aromatic heterocycles. The van der Waals surface area contributed by atoms with Gasteiger partial charge in [0.25, 0.3) is 0 Å². The molecule has 6 heteroatoms. The third-order valence-corrected chi connectivity index (χ3v) is 5.05. The molecule has 1 amide bonds. The quantitative estimate of drug-likeness (QED) is 0.864. The van der Waals surface area contributed by atoms with E-state index in [1.165, 1.54) is 5.69 Å². The SMILES string of the molecule is Cc1noc(C)c1CCC(=O)N1CCCC(n2c(C)cnc2C)C1. The molecule has 24 heavy (non-hydrogen) atoms. The molecule has 2 aromatic rings. The first kappa shape index (κ1) is 16.7. The second-order valence-corrected chi connectivity index (χ2v) is 6.76. The summed E-state index contributed by atoms with van der Waals surface area (Å²) in [4.78, 5) is 19.0. The van der Waals surface area contributed by atoms with Crippen molar-refractivity contribution in [2.75, 3.05) is 13.1 Å². The minimum atomic E-state index is 0.218. The van der Waals surface area contributed by atoms with E-state index >= 15 is 0 Å². The number of piperidine rings is 1. The summed E-state index contributed by atoms with van der Waals surface area (Å²) in [6, 6.07) is 0.337. The number of rotatable bonds is 4. The van der Waals surface area contributed by atoms with E-state index in [9.17, 15) is 4.79 Å². The first-order valence-corrected chi connectivity index (χ1v) is 8.67. The van der Waals surface area contributed by atoms with E-state index in [0.29, 0.717) is 18.9 Å². The van der Waals surface area contributed by atoms with Crippen LogP contribution in [0.15, 0.2) is 10.7 Å². The number of nitrogens with zero attached hydrogens (tertiary/aromatic N) is 4. The van der Waals surface area contributed by atoms with Crippen molar-refractivity contribution in [3.05, 3.63) is 34.7 Å². The predicted molar refractivity (Wildman–Crippen MR) is 90.9 cm³/mol. The molecule has 1 aliphatic rings. The van der Waals surface area contributed by atoms with Crippen LogP contribution in [0.25, 0.3) is 0 Å². The zero-order valence-electron chi connectivity index (χ0n) is 15.0. The second-order valence-electron chi connectivity index (χ2n) is 6.76. The van der Waals surface area contributed by atoms with Crippen LogP contribution in [0.2, 0.25) is 0 Å². The van der Waals surface area contributed by atoms with Crippen molar-refractivity contribution in [3.63, 3.8) is 0 Å². The highest BCUT2D eigenvalue weighted by Crippen LogP contribution is 2.25. The van der Waals surface area contributed by atoms with Crippen LogP contribution in [0.4, 0.5) is 0 Å². The molecule has 1 unspecified atom stereocenters. The van der Waals surface area contributed by atoms with Gasteiger partial charge in [0.05, 0.1) is 11.7 Å². The molecule has 0 saturated carbocycles. The van der Waals surface area contributed by atoms with E-state index in [-0.39, 0.29) is 5.91 Å². The third kappa shape index (κ3) is 3.23. The van der Waals surface area contributed by atoms with E-state index < -0.39 is 0 Å². The summed E-state index contributed by atoms with van der Waals surface area (Å²) in [6.45, 7) is 9.57. The van der Waals surface area contributed by atoms with Crippen LogP contribution in [-0.2, 0) is 11.2 Å². The van der Waals surface area contributed by atoms with E-state index in [2.05, 4.69) is 21.6 Å². The molecular formula is C18H26N4O2. The summed E-state index contributed by atoms with van der Waals surface area (Å²) in [5.41, 5.74) is 3.13. The highest BCUT2D eigenvalue weighted by Gasteiger charge is 2.26. The summed E-state index contributed by atoms with van der Waals surface area (Å²) in [5, 5.41) is 3.96. The van der Waals surface area contributed by atoms with E-state index in [1.807, 2.05) is 31.9 Å². The number of likely N-dealkylation sites (tertiary alicyclic amines) is 1. The molecule has 3 heterocycles. The molecule has 1 atom stereocenters. The van der Waals surface area contributed by atoms with Gasteiger partial charge in [-0.15, -0.1) is 0 Å². The maximum Gasteiger partial charge on any atom is 0.222 e. The molecule has 0 aliphatic carbocycles. The zero-order valence-corrected chi connectivity index (χ0v) is 15.0. The molecule has 1 fully saturated rings. The maximum atomic E-state index is 12.7. The summed E-state index contributed by atoms with van der Waals surface area (Å²) in [7, 11) is 0. The van der Waals surface area contributed by atoms with E-state index in [4.69, 9.17) is 4.52 Å². The van der Waals surface area contributed by atoms with Gasteiger partial charge >= 0.3 is 0 Å². The lowest BCUT2D eigenvalue weighted by atomic mass is 10.0. The first-order valence-electron chi connectivity index (χ1n) is 8.67. The number of amides is 1. The molecule has 0 radical (unpaired) electrons.